The number of aliphatic hydroxyl groups excluding tert-OH is 1. The van der Waals surface area contributed by atoms with Gasteiger partial charge in [0.05, 0.1) is 6.61 Å². The molecule has 0 saturated heterocycles. The number of aliphatic hydroxyl groups is 1. The highest BCUT2D eigenvalue weighted by Gasteiger charge is 2.00. The van der Waals surface area contributed by atoms with Crippen LogP contribution in [0.1, 0.15) is 12.6 Å². The van der Waals surface area contributed by atoms with Crippen LogP contribution in [0.2, 0.25) is 0 Å². The van der Waals surface area contributed by atoms with Gasteiger partial charge in [-0.25, -0.2) is 4.98 Å². The summed E-state index contributed by atoms with van der Waals surface area (Å²) in [6.07, 6.45) is 1.56. The Bertz CT molecular complexity index is 319. The van der Waals surface area contributed by atoms with E-state index in [0.29, 0.717) is 5.69 Å². The molecule has 1 rings (SSSR count). The van der Waals surface area contributed by atoms with Gasteiger partial charge in [-0.3, -0.25) is 0 Å². The molecule has 68 valence electrons. The van der Waals surface area contributed by atoms with Gasteiger partial charge >= 0.3 is 0 Å². The van der Waals surface area contributed by atoms with E-state index in [1.165, 1.54) is 0 Å². The van der Waals surface area contributed by atoms with E-state index in [9.17, 15) is 0 Å². The van der Waals surface area contributed by atoms with E-state index in [4.69, 9.17) is 10.4 Å². The highest BCUT2D eigenvalue weighted by Crippen LogP contribution is 2.08. The first-order valence-corrected chi connectivity index (χ1v) is 4.00. The van der Waals surface area contributed by atoms with Crippen LogP contribution in [-0.4, -0.2) is 22.7 Å². The lowest BCUT2D eigenvalue weighted by atomic mass is 10.3. The maximum atomic E-state index is 8.78. The fourth-order valence-corrected chi connectivity index (χ4v) is 0.912. The van der Waals surface area contributed by atoms with Gasteiger partial charge in [0.2, 0.25) is 0 Å². The molecule has 0 aliphatic carbocycles. The number of nitrogens with zero attached hydrogens (tertiary/aromatic N) is 2. The standard InChI is InChI=1S/C9H11N3O/c1-7(6-13)12-8-2-3-11-9(4-8)5-10/h2-4,7,13H,6H2,1H3,(H,11,12)/t7-/m0/s1. The number of rotatable bonds is 3. The molecule has 0 aliphatic heterocycles. The first-order chi connectivity index (χ1) is 6.26. The van der Waals surface area contributed by atoms with Gasteiger partial charge in [-0.15, -0.1) is 0 Å². The Morgan fingerprint density at radius 2 is 2.54 bits per heavy atom. The maximum Gasteiger partial charge on any atom is 0.142 e. The molecule has 1 aromatic rings. The van der Waals surface area contributed by atoms with Crippen LogP contribution >= 0.6 is 0 Å². The molecular formula is C9H11N3O. The Morgan fingerprint density at radius 3 is 3.15 bits per heavy atom. The third kappa shape index (κ3) is 2.73. The predicted molar refractivity (Wildman–Crippen MR) is 49.1 cm³/mol. The largest absolute Gasteiger partial charge is 0.394 e. The van der Waals surface area contributed by atoms with Crippen molar-refractivity contribution in [2.24, 2.45) is 0 Å². The van der Waals surface area contributed by atoms with Crippen molar-refractivity contribution in [2.75, 3.05) is 11.9 Å². The van der Waals surface area contributed by atoms with E-state index >= 15 is 0 Å². The molecular weight excluding hydrogens is 166 g/mol. The molecule has 2 N–H and O–H groups in total. The molecule has 4 nitrogen and oxygen atoms in total. The lowest BCUT2D eigenvalue weighted by molar-refractivity contribution is 0.281. The molecule has 13 heavy (non-hydrogen) atoms. The summed E-state index contributed by atoms with van der Waals surface area (Å²) in [6, 6.07) is 5.33. The molecule has 0 spiro atoms. The number of hydrogen-bond donors (Lipinski definition) is 2. The number of nitriles is 1. The monoisotopic (exact) mass is 177 g/mol. The Balaban J connectivity index is 2.73. The van der Waals surface area contributed by atoms with E-state index in [2.05, 4.69) is 10.3 Å². The molecule has 0 amide bonds. The van der Waals surface area contributed by atoms with E-state index in [1.54, 1.807) is 18.3 Å². The molecule has 1 heterocycles. The molecule has 0 unspecified atom stereocenters. The summed E-state index contributed by atoms with van der Waals surface area (Å²) >= 11 is 0. The molecule has 0 saturated carbocycles. The fourth-order valence-electron chi connectivity index (χ4n) is 0.912. The topological polar surface area (TPSA) is 68.9 Å². The lowest BCUT2D eigenvalue weighted by Gasteiger charge is -2.11. The average Bonchev–Trinajstić information content (AvgIpc) is 2.18. The maximum absolute atomic E-state index is 8.78. The van der Waals surface area contributed by atoms with Crippen molar-refractivity contribution in [1.82, 2.24) is 4.98 Å². The first kappa shape index (κ1) is 9.49. The van der Waals surface area contributed by atoms with E-state index in [-0.39, 0.29) is 12.6 Å². The summed E-state index contributed by atoms with van der Waals surface area (Å²) in [5, 5.41) is 20.4. The second-order valence-corrected chi connectivity index (χ2v) is 2.77. The van der Waals surface area contributed by atoms with Gasteiger partial charge < -0.3 is 10.4 Å². The summed E-state index contributed by atoms with van der Waals surface area (Å²) in [7, 11) is 0. The minimum absolute atomic E-state index is 0.0195. The molecule has 0 aliphatic rings. The van der Waals surface area contributed by atoms with Crippen molar-refractivity contribution in [3.05, 3.63) is 24.0 Å². The number of aromatic nitrogens is 1. The van der Waals surface area contributed by atoms with Crippen molar-refractivity contribution < 1.29 is 5.11 Å². The van der Waals surface area contributed by atoms with Crippen LogP contribution in [0.15, 0.2) is 18.3 Å². The van der Waals surface area contributed by atoms with Gasteiger partial charge in [0, 0.05) is 17.9 Å². The van der Waals surface area contributed by atoms with E-state index < -0.39 is 0 Å². The van der Waals surface area contributed by atoms with Crippen LogP contribution in [0.4, 0.5) is 5.69 Å². The molecule has 4 heteroatoms. The van der Waals surface area contributed by atoms with Crippen molar-refractivity contribution in [3.63, 3.8) is 0 Å². The third-order valence-corrected chi connectivity index (χ3v) is 1.56. The summed E-state index contributed by atoms with van der Waals surface area (Å²) in [5.74, 6) is 0. The first-order valence-electron chi connectivity index (χ1n) is 4.00. The fraction of sp³-hybridized carbons (Fsp3) is 0.333. The Kier molecular flexibility index (Phi) is 3.23. The smallest absolute Gasteiger partial charge is 0.142 e. The Hall–Kier alpha value is -1.60. The molecule has 1 aromatic heterocycles. The molecule has 0 bridgehead atoms. The Morgan fingerprint density at radius 1 is 1.77 bits per heavy atom. The minimum atomic E-state index is -0.0195. The summed E-state index contributed by atoms with van der Waals surface area (Å²) < 4.78 is 0. The highest BCUT2D eigenvalue weighted by atomic mass is 16.3. The molecule has 0 aromatic carbocycles. The van der Waals surface area contributed by atoms with Crippen LogP contribution in [0.5, 0.6) is 0 Å². The second-order valence-electron chi connectivity index (χ2n) is 2.77. The number of pyridine rings is 1. The summed E-state index contributed by atoms with van der Waals surface area (Å²) in [6.45, 7) is 1.91. The lowest BCUT2D eigenvalue weighted by Crippen LogP contribution is -2.19. The zero-order valence-corrected chi connectivity index (χ0v) is 7.36. The van der Waals surface area contributed by atoms with Gasteiger partial charge in [-0.1, -0.05) is 0 Å². The third-order valence-electron chi connectivity index (χ3n) is 1.56. The average molecular weight is 177 g/mol. The van der Waals surface area contributed by atoms with Gasteiger partial charge in [0.15, 0.2) is 0 Å². The summed E-state index contributed by atoms with van der Waals surface area (Å²) in [5.41, 5.74) is 1.17. The van der Waals surface area contributed by atoms with Crippen molar-refractivity contribution >= 4 is 5.69 Å². The van der Waals surface area contributed by atoms with Crippen LogP contribution in [0, 0.1) is 11.3 Å². The van der Waals surface area contributed by atoms with Crippen molar-refractivity contribution in [3.8, 4) is 6.07 Å². The number of hydrogen-bond acceptors (Lipinski definition) is 4. The normalized spacial score (nSPS) is 11.8. The minimum Gasteiger partial charge on any atom is -0.394 e. The molecule has 0 fully saturated rings. The summed E-state index contributed by atoms with van der Waals surface area (Å²) in [4.78, 5) is 3.83. The van der Waals surface area contributed by atoms with Crippen LogP contribution in [-0.2, 0) is 0 Å². The SMILES string of the molecule is C[C@@H](CO)Nc1ccnc(C#N)c1. The highest BCUT2D eigenvalue weighted by molar-refractivity contribution is 5.46. The van der Waals surface area contributed by atoms with Crippen LogP contribution < -0.4 is 5.32 Å². The van der Waals surface area contributed by atoms with Gasteiger partial charge in [0.1, 0.15) is 11.8 Å². The zero-order chi connectivity index (χ0) is 9.68. The zero-order valence-electron chi connectivity index (χ0n) is 7.36. The quantitative estimate of drug-likeness (QED) is 0.714. The van der Waals surface area contributed by atoms with Crippen molar-refractivity contribution in [1.29, 1.82) is 5.26 Å². The van der Waals surface area contributed by atoms with E-state index in [1.807, 2.05) is 13.0 Å². The van der Waals surface area contributed by atoms with Gasteiger partial charge in [0.25, 0.3) is 0 Å². The van der Waals surface area contributed by atoms with Crippen molar-refractivity contribution in [2.45, 2.75) is 13.0 Å². The number of nitrogens with one attached hydrogen (secondary N) is 1. The second kappa shape index (κ2) is 4.43. The molecule has 0 radical (unpaired) electrons. The number of anilines is 1. The van der Waals surface area contributed by atoms with Crippen LogP contribution in [0.25, 0.3) is 0 Å². The Labute approximate surface area is 76.8 Å². The molecule has 1 atom stereocenters. The van der Waals surface area contributed by atoms with E-state index in [0.717, 1.165) is 5.69 Å². The van der Waals surface area contributed by atoms with Gasteiger partial charge in [-0.05, 0) is 19.1 Å². The van der Waals surface area contributed by atoms with Crippen LogP contribution in [0.3, 0.4) is 0 Å². The van der Waals surface area contributed by atoms with Gasteiger partial charge in [-0.2, -0.15) is 5.26 Å². The predicted octanol–water partition coefficient (Wildman–Crippen LogP) is 0.746.